The van der Waals surface area contributed by atoms with E-state index in [-0.39, 0.29) is 17.3 Å². The first-order valence-corrected chi connectivity index (χ1v) is 4.67. The fourth-order valence-corrected chi connectivity index (χ4v) is 1.23. The molecule has 1 aromatic rings. The minimum Gasteiger partial charge on any atom is -0.321 e. The molecule has 0 bridgehead atoms. The Morgan fingerprint density at radius 2 is 2.29 bits per heavy atom. The van der Waals surface area contributed by atoms with Crippen molar-refractivity contribution in [3.63, 3.8) is 0 Å². The molecule has 1 N–H and O–H groups in total. The molecule has 1 rings (SSSR count). The summed E-state index contributed by atoms with van der Waals surface area (Å²) in [5.41, 5.74) is 0.448. The van der Waals surface area contributed by atoms with Gasteiger partial charge in [0.25, 0.3) is 5.69 Å². The minimum absolute atomic E-state index is 0.136. The highest BCUT2D eigenvalue weighted by Crippen LogP contribution is 2.26. The van der Waals surface area contributed by atoms with Gasteiger partial charge in [0.1, 0.15) is 5.69 Å². The quantitative estimate of drug-likeness (QED) is 0.489. The first kappa shape index (κ1) is 12.4. The number of nitro groups is 1. The van der Waals surface area contributed by atoms with Crippen molar-refractivity contribution < 1.29 is 9.72 Å². The van der Waals surface area contributed by atoms with Gasteiger partial charge >= 0.3 is 0 Å². The number of nitro benzene ring substituents is 1. The molecule has 0 radical (unpaired) electrons. The first-order chi connectivity index (χ1) is 8.04. The van der Waals surface area contributed by atoms with Crippen LogP contribution in [0.3, 0.4) is 0 Å². The Morgan fingerprint density at radius 3 is 2.82 bits per heavy atom. The molecule has 1 amide bonds. The van der Waals surface area contributed by atoms with Crippen LogP contribution in [0.15, 0.2) is 24.3 Å². The smallest absolute Gasteiger partial charge is 0.293 e. The number of allylic oxidation sites excluding steroid dienone is 1. The van der Waals surface area contributed by atoms with E-state index in [0.717, 1.165) is 0 Å². The van der Waals surface area contributed by atoms with Crippen LogP contribution in [-0.2, 0) is 4.79 Å². The number of carbonyl (C=O) groups excluding carboxylic acids is 1. The van der Waals surface area contributed by atoms with E-state index in [1.165, 1.54) is 31.2 Å². The molecule has 0 aromatic heterocycles. The van der Waals surface area contributed by atoms with E-state index >= 15 is 0 Å². The molecule has 17 heavy (non-hydrogen) atoms. The fraction of sp³-hybridized carbons (Fsp3) is 0.0909. The predicted octanol–water partition coefficient (Wildman–Crippen LogP) is 2.09. The molecule has 0 unspecified atom stereocenters. The largest absolute Gasteiger partial charge is 0.321 e. The van der Waals surface area contributed by atoms with Crippen LogP contribution in [0.2, 0.25) is 0 Å². The molecule has 0 atom stereocenters. The van der Waals surface area contributed by atoms with E-state index in [1.54, 1.807) is 12.1 Å². The fourth-order valence-electron chi connectivity index (χ4n) is 1.23. The SMILES string of the molecule is CC(=O)Nc1ccc(C=CC#N)cc1[N+](=O)[O-]. The Bertz CT molecular complexity index is 529. The molecule has 6 heteroatoms. The summed E-state index contributed by atoms with van der Waals surface area (Å²) in [4.78, 5) is 21.1. The van der Waals surface area contributed by atoms with Gasteiger partial charge in [0.05, 0.1) is 11.0 Å². The Hall–Kier alpha value is -2.68. The summed E-state index contributed by atoms with van der Waals surface area (Å²) >= 11 is 0. The molecular formula is C11H9N3O3. The van der Waals surface area contributed by atoms with Crippen LogP contribution in [0.1, 0.15) is 12.5 Å². The van der Waals surface area contributed by atoms with E-state index in [0.29, 0.717) is 5.56 Å². The monoisotopic (exact) mass is 231 g/mol. The molecule has 0 saturated heterocycles. The van der Waals surface area contributed by atoms with Gasteiger partial charge in [0.15, 0.2) is 0 Å². The molecule has 0 aliphatic heterocycles. The highest BCUT2D eigenvalue weighted by molar-refractivity contribution is 5.91. The second-order valence-electron chi connectivity index (χ2n) is 3.18. The lowest BCUT2D eigenvalue weighted by Crippen LogP contribution is -2.08. The maximum atomic E-state index is 10.9. The third-order valence-corrected chi connectivity index (χ3v) is 1.88. The predicted molar refractivity (Wildman–Crippen MR) is 62.0 cm³/mol. The Labute approximate surface area is 97.3 Å². The number of hydrogen-bond acceptors (Lipinski definition) is 4. The molecule has 0 heterocycles. The van der Waals surface area contributed by atoms with Gasteiger partial charge < -0.3 is 5.32 Å². The molecule has 6 nitrogen and oxygen atoms in total. The highest BCUT2D eigenvalue weighted by atomic mass is 16.6. The molecule has 1 aromatic carbocycles. The van der Waals surface area contributed by atoms with Crippen molar-refractivity contribution >= 4 is 23.4 Å². The van der Waals surface area contributed by atoms with Crippen molar-refractivity contribution in [3.8, 4) is 6.07 Å². The lowest BCUT2D eigenvalue weighted by molar-refractivity contribution is -0.383. The summed E-state index contributed by atoms with van der Waals surface area (Å²) in [7, 11) is 0. The van der Waals surface area contributed by atoms with Gasteiger partial charge in [-0.1, -0.05) is 6.07 Å². The number of nitriles is 1. The zero-order valence-corrected chi connectivity index (χ0v) is 9.01. The van der Waals surface area contributed by atoms with Crippen LogP contribution in [0.5, 0.6) is 0 Å². The number of rotatable bonds is 3. The van der Waals surface area contributed by atoms with Crippen molar-refractivity contribution in [2.75, 3.05) is 5.32 Å². The Morgan fingerprint density at radius 1 is 1.59 bits per heavy atom. The molecular weight excluding hydrogens is 222 g/mol. The Balaban J connectivity index is 3.18. The number of benzene rings is 1. The van der Waals surface area contributed by atoms with Crippen molar-refractivity contribution in [2.45, 2.75) is 6.92 Å². The van der Waals surface area contributed by atoms with Crippen LogP contribution in [0, 0.1) is 21.4 Å². The second kappa shape index (κ2) is 5.42. The number of nitrogens with zero attached hydrogens (tertiary/aromatic N) is 2. The maximum absolute atomic E-state index is 10.9. The third-order valence-electron chi connectivity index (χ3n) is 1.88. The number of anilines is 1. The number of amides is 1. The average molecular weight is 231 g/mol. The normalized spacial score (nSPS) is 9.88. The lowest BCUT2D eigenvalue weighted by Gasteiger charge is -2.03. The zero-order chi connectivity index (χ0) is 12.8. The van der Waals surface area contributed by atoms with Gasteiger partial charge in [0, 0.05) is 19.1 Å². The minimum atomic E-state index is -0.588. The van der Waals surface area contributed by atoms with Gasteiger partial charge in [-0.05, 0) is 17.7 Å². The molecule has 86 valence electrons. The standard InChI is InChI=1S/C11H9N3O3/c1-8(15)13-10-5-4-9(3-2-6-12)7-11(10)14(16)17/h2-5,7H,1H3,(H,13,15). The number of nitrogens with one attached hydrogen (secondary N) is 1. The van der Waals surface area contributed by atoms with E-state index < -0.39 is 4.92 Å². The third kappa shape index (κ3) is 3.43. The van der Waals surface area contributed by atoms with Crippen molar-refractivity contribution in [2.24, 2.45) is 0 Å². The second-order valence-corrected chi connectivity index (χ2v) is 3.18. The number of carbonyl (C=O) groups is 1. The van der Waals surface area contributed by atoms with Crippen LogP contribution in [0.25, 0.3) is 6.08 Å². The summed E-state index contributed by atoms with van der Waals surface area (Å²) in [6.07, 6.45) is 2.67. The average Bonchev–Trinajstić information content (AvgIpc) is 2.26. The summed E-state index contributed by atoms with van der Waals surface area (Å²) in [5, 5.41) is 21.5. The molecule has 0 aliphatic rings. The van der Waals surface area contributed by atoms with Crippen LogP contribution in [-0.4, -0.2) is 10.8 Å². The topological polar surface area (TPSA) is 96.0 Å². The van der Waals surface area contributed by atoms with Crippen LogP contribution < -0.4 is 5.32 Å². The highest BCUT2D eigenvalue weighted by Gasteiger charge is 2.14. The van der Waals surface area contributed by atoms with E-state index in [1.807, 2.05) is 0 Å². The van der Waals surface area contributed by atoms with Crippen molar-refractivity contribution in [1.29, 1.82) is 5.26 Å². The van der Waals surface area contributed by atoms with Crippen molar-refractivity contribution in [1.82, 2.24) is 0 Å². The van der Waals surface area contributed by atoms with Crippen molar-refractivity contribution in [3.05, 3.63) is 40.0 Å². The van der Waals surface area contributed by atoms with Gasteiger partial charge in [-0.15, -0.1) is 0 Å². The molecule has 0 fully saturated rings. The molecule has 0 saturated carbocycles. The lowest BCUT2D eigenvalue weighted by atomic mass is 10.1. The van der Waals surface area contributed by atoms with E-state index in [4.69, 9.17) is 5.26 Å². The van der Waals surface area contributed by atoms with E-state index in [2.05, 4.69) is 5.32 Å². The summed E-state index contributed by atoms with van der Waals surface area (Å²) < 4.78 is 0. The van der Waals surface area contributed by atoms with E-state index in [9.17, 15) is 14.9 Å². The molecule has 0 aliphatic carbocycles. The van der Waals surface area contributed by atoms with Gasteiger partial charge in [-0.25, -0.2) is 0 Å². The van der Waals surface area contributed by atoms with Crippen LogP contribution >= 0.6 is 0 Å². The van der Waals surface area contributed by atoms with Gasteiger partial charge in [-0.3, -0.25) is 14.9 Å². The van der Waals surface area contributed by atoms with Crippen LogP contribution in [0.4, 0.5) is 11.4 Å². The summed E-state index contributed by atoms with van der Waals surface area (Å²) in [6, 6.07) is 6.09. The molecule has 0 spiro atoms. The summed E-state index contributed by atoms with van der Waals surface area (Å²) in [6.45, 7) is 1.27. The first-order valence-electron chi connectivity index (χ1n) is 4.67. The maximum Gasteiger partial charge on any atom is 0.293 e. The number of hydrogen-bond donors (Lipinski definition) is 1. The van der Waals surface area contributed by atoms with Gasteiger partial charge in [0.2, 0.25) is 5.91 Å². The van der Waals surface area contributed by atoms with Gasteiger partial charge in [-0.2, -0.15) is 5.26 Å². The summed E-state index contributed by atoms with van der Waals surface area (Å²) in [5.74, 6) is -0.381. The zero-order valence-electron chi connectivity index (χ0n) is 9.01. The Kier molecular flexibility index (Phi) is 3.95.